The number of carboxylic acids is 1. The highest BCUT2D eigenvalue weighted by molar-refractivity contribution is 6.30. The molecule has 0 fully saturated rings. The molecule has 5 nitrogen and oxygen atoms in total. The maximum Gasteiger partial charge on any atom is 0.411 e. The average Bonchev–Trinajstić information content (AvgIpc) is 2.57. The number of rotatable bonds is 6. The van der Waals surface area contributed by atoms with Crippen LogP contribution in [0.25, 0.3) is 0 Å². The fraction of sp³-hybridized carbons (Fsp3) is 0.222. The van der Waals surface area contributed by atoms with Crippen molar-refractivity contribution in [2.45, 2.75) is 19.6 Å². The van der Waals surface area contributed by atoms with Crippen LogP contribution < -0.4 is 0 Å². The molecule has 2 aromatic carbocycles. The number of hydrogen-bond acceptors (Lipinski definition) is 3. The van der Waals surface area contributed by atoms with Crippen molar-refractivity contribution in [3.63, 3.8) is 0 Å². The van der Waals surface area contributed by atoms with E-state index >= 15 is 0 Å². The van der Waals surface area contributed by atoms with Crippen LogP contribution in [-0.2, 0) is 16.1 Å². The van der Waals surface area contributed by atoms with Crippen molar-refractivity contribution in [1.29, 1.82) is 0 Å². The minimum Gasteiger partial charge on any atom is -0.479 e. The van der Waals surface area contributed by atoms with Crippen molar-refractivity contribution in [2.24, 2.45) is 0 Å². The average molecular weight is 366 g/mol. The molecule has 0 radical (unpaired) electrons. The van der Waals surface area contributed by atoms with Crippen LogP contribution in [0.3, 0.4) is 0 Å². The fourth-order valence-corrected chi connectivity index (χ4v) is 2.64. The highest BCUT2D eigenvalue weighted by Crippen LogP contribution is 2.26. The summed E-state index contributed by atoms with van der Waals surface area (Å²) < 4.78 is 18.8. The number of likely N-dealkylation sites (N-methyl/N-ethyl adjacent to an activating group) is 1. The Morgan fingerprint density at radius 3 is 2.48 bits per heavy atom. The van der Waals surface area contributed by atoms with E-state index in [0.717, 1.165) is 22.6 Å². The molecule has 1 atom stereocenters. The van der Waals surface area contributed by atoms with Crippen LogP contribution in [0.15, 0.2) is 48.5 Å². The van der Waals surface area contributed by atoms with E-state index in [4.69, 9.17) is 16.3 Å². The lowest BCUT2D eigenvalue weighted by Crippen LogP contribution is -2.39. The Bertz CT molecular complexity index is 734. The number of hydrogen-bond donors (Lipinski definition) is 1. The molecule has 0 heterocycles. The highest BCUT2D eigenvalue weighted by Gasteiger charge is 2.32. The normalized spacial score (nSPS) is 11.6. The first-order chi connectivity index (χ1) is 11.9. The summed E-state index contributed by atoms with van der Waals surface area (Å²) in [5, 5.41) is 9.58. The SMILES string of the molecule is CCN(C(=O)OCc1ccccc1)C(C(=O)O)c1cc(F)cc(Cl)c1. The van der Waals surface area contributed by atoms with Crippen LogP contribution in [0.2, 0.25) is 5.02 Å². The molecule has 1 amide bonds. The first-order valence-corrected chi connectivity index (χ1v) is 7.96. The van der Waals surface area contributed by atoms with Crippen molar-refractivity contribution in [2.75, 3.05) is 6.54 Å². The van der Waals surface area contributed by atoms with E-state index in [0.29, 0.717) is 0 Å². The number of ether oxygens (including phenoxy) is 1. The third-order valence-corrected chi connectivity index (χ3v) is 3.74. The number of amides is 1. The number of halogens is 2. The summed E-state index contributed by atoms with van der Waals surface area (Å²) in [7, 11) is 0. The van der Waals surface area contributed by atoms with Gasteiger partial charge in [0, 0.05) is 11.6 Å². The third kappa shape index (κ3) is 4.93. The van der Waals surface area contributed by atoms with Crippen LogP contribution in [0.5, 0.6) is 0 Å². The van der Waals surface area contributed by atoms with E-state index in [2.05, 4.69) is 0 Å². The largest absolute Gasteiger partial charge is 0.479 e. The van der Waals surface area contributed by atoms with Gasteiger partial charge in [-0.2, -0.15) is 0 Å². The topological polar surface area (TPSA) is 66.8 Å². The lowest BCUT2D eigenvalue weighted by Gasteiger charge is -2.27. The van der Waals surface area contributed by atoms with Crippen LogP contribution in [0, 0.1) is 5.82 Å². The van der Waals surface area contributed by atoms with Gasteiger partial charge in [0.15, 0.2) is 6.04 Å². The summed E-state index contributed by atoms with van der Waals surface area (Å²) in [6, 6.07) is 11.0. The molecule has 25 heavy (non-hydrogen) atoms. The Labute approximate surface area is 149 Å². The predicted octanol–water partition coefficient (Wildman–Crippen LogP) is 4.26. The monoisotopic (exact) mass is 365 g/mol. The number of carbonyl (C=O) groups excluding carboxylic acids is 1. The van der Waals surface area contributed by atoms with E-state index in [1.165, 1.54) is 6.07 Å². The maximum absolute atomic E-state index is 13.6. The Morgan fingerprint density at radius 2 is 1.92 bits per heavy atom. The number of carboxylic acid groups (broad SMARTS) is 1. The van der Waals surface area contributed by atoms with Gasteiger partial charge >= 0.3 is 12.1 Å². The molecule has 0 aromatic heterocycles. The summed E-state index contributed by atoms with van der Waals surface area (Å²) in [4.78, 5) is 25.0. The van der Waals surface area contributed by atoms with Crippen molar-refractivity contribution >= 4 is 23.7 Å². The first kappa shape index (κ1) is 18.7. The van der Waals surface area contributed by atoms with Gasteiger partial charge in [-0.3, -0.25) is 4.90 Å². The zero-order valence-corrected chi connectivity index (χ0v) is 14.2. The summed E-state index contributed by atoms with van der Waals surface area (Å²) >= 11 is 5.80. The third-order valence-electron chi connectivity index (χ3n) is 3.53. The lowest BCUT2D eigenvalue weighted by molar-refractivity contribution is -0.143. The number of aliphatic carboxylic acids is 1. The Morgan fingerprint density at radius 1 is 1.24 bits per heavy atom. The molecule has 132 valence electrons. The van der Waals surface area contributed by atoms with Gasteiger partial charge in [-0.25, -0.2) is 14.0 Å². The van der Waals surface area contributed by atoms with Gasteiger partial charge in [-0.1, -0.05) is 41.9 Å². The molecule has 1 N–H and O–H groups in total. The molecule has 7 heteroatoms. The molecule has 0 aliphatic heterocycles. The Balaban J connectivity index is 2.21. The molecule has 0 bridgehead atoms. The van der Waals surface area contributed by atoms with E-state index in [1.54, 1.807) is 31.2 Å². The summed E-state index contributed by atoms with van der Waals surface area (Å²) in [6.45, 7) is 1.69. The van der Waals surface area contributed by atoms with Gasteiger partial charge in [0.1, 0.15) is 12.4 Å². The second-order valence-corrected chi connectivity index (χ2v) is 5.71. The van der Waals surface area contributed by atoms with E-state index in [1.807, 2.05) is 6.07 Å². The Kier molecular flexibility index (Phi) is 6.36. The molecule has 1 unspecified atom stereocenters. The van der Waals surface area contributed by atoms with Gasteiger partial charge in [0.2, 0.25) is 0 Å². The number of carbonyl (C=O) groups is 2. The van der Waals surface area contributed by atoms with E-state index < -0.39 is 23.9 Å². The minimum absolute atomic E-state index is 0.00637. The molecule has 2 rings (SSSR count). The molecule has 0 saturated heterocycles. The lowest BCUT2D eigenvalue weighted by atomic mass is 10.1. The zero-order valence-electron chi connectivity index (χ0n) is 13.5. The molecule has 0 aliphatic rings. The van der Waals surface area contributed by atoms with Gasteiger partial charge in [-0.15, -0.1) is 0 Å². The van der Waals surface area contributed by atoms with Gasteiger partial charge in [0.05, 0.1) is 0 Å². The number of nitrogens with zero attached hydrogens (tertiary/aromatic N) is 1. The van der Waals surface area contributed by atoms with Crippen LogP contribution >= 0.6 is 11.6 Å². The standard InChI is InChI=1S/C18H17ClFNO4/c1-2-21(18(24)25-11-12-6-4-3-5-7-12)16(17(22)23)13-8-14(19)10-15(20)9-13/h3-10,16H,2,11H2,1H3,(H,22,23). The highest BCUT2D eigenvalue weighted by atomic mass is 35.5. The summed E-state index contributed by atoms with van der Waals surface area (Å²) in [5.74, 6) is -1.98. The summed E-state index contributed by atoms with van der Waals surface area (Å²) in [6.07, 6.45) is -0.806. The van der Waals surface area contributed by atoms with Crippen molar-refractivity contribution in [3.05, 3.63) is 70.5 Å². The van der Waals surface area contributed by atoms with E-state index in [-0.39, 0.29) is 23.7 Å². The molecular formula is C18H17ClFNO4. The summed E-state index contributed by atoms with van der Waals surface area (Å²) in [5.41, 5.74) is 0.837. The van der Waals surface area contributed by atoms with E-state index in [9.17, 15) is 19.1 Å². The van der Waals surface area contributed by atoms with Crippen molar-refractivity contribution < 1.29 is 23.8 Å². The minimum atomic E-state index is -1.40. The van der Waals surface area contributed by atoms with Gasteiger partial charge in [-0.05, 0) is 36.2 Å². The molecule has 0 saturated carbocycles. The zero-order chi connectivity index (χ0) is 18.4. The smallest absolute Gasteiger partial charge is 0.411 e. The predicted molar refractivity (Wildman–Crippen MR) is 90.8 cm³/mol. The van der Waals surface area contributed by atoms with Gasteiger partial charge in [0.25, 0.3) is 0 Å². The quantitative estimate of drug-likeness (QED) is 0.830. The first-order valence-electron chi connectivity index (χ1n) is 7.58. The Hall–Kier alpha value is -2.60. The second kappa shape index (κ2) is 8.48. The maximum atomic E-state index is 13.6. The van der Waals surface area contributed by atoms with Crippen molar-refractivity contribution in [3.8, 4) is 0 Å². The van der Waals surface area contributed by atoms with Crippen LogP contribution in [0.4, 0.5) is 9.18 Å². The number of benzene rings is 2. The van der Waals surface area contributed by atoms with Gasteiger partial charge < -0.3 is 9.84 Å². The second-order valence-electron chi connectivity index (χ2n) is 5.27. The molecule has 2 aromatic rings. The fourth-order valence-electron chi connectivity index (χ4n) is 2.41. The van der Waals surface area contributed by atoms with Crippen LogP contribution in [-0.4, -0.2) is 28.6 Å². The van der Waals surface area contributed by atoms with Crippen LogP contribution in [0.1, 0.15) is 24.1 Å². The molecule has 0 aliphatic carbocycles. The molecule has 0 spiro atoms. The molecular weight excluding hydrogens is 349 g/mol. The van der Waals surface area contributed by atoms with Crippen molar-refractivity contribution in [1.82, 2.24) is 4.90 Å².